The minimum atomic E-state index is -3.17. The summed E-state index contributed by atoms with van der Waals surface area (Å²) in [6.07, 6.45) is 3.01. The Morgan fingerprint density at radius 1 is 1.52 bits per heavy atom. The van der Waals surface area contributed by atoms with Gasteiger partial charge in [0.25, 0.3) is 0 Å². The lowest BCUT2D eigenvalue weighted by Crippen LogP contribution is -2.42. The molecule has 2 atom stereocenters. The summed E-state index contributed by atoms with van der Waals surface area (Å²) in [5.74, 6) is 0.385. The minimum Gasteiger partial charge on any atom is -0.380 e. The predicted molar refractivity (Wildman–Crippen MR) is 79.1 cm³/mol. The van der Waals surface area contributed by atoms with Crippen molar-refractivity contribution >= 4 is 10.0 Å². The fourth-order valence-corrected chi connectivity index (χ4v) is 3.86. The van der Waals surface area contributed by atoms with Crippen LogP contribution < -0.4 is 4.72 Å². The normalized spacial score (nSPS) is 29.7. The lowest BCUT2D eigenvalue weighted by molar-refractivity contribution is 0.128. The Hall–Kier alpha value is -1.02. The second kappa shape index (κ2) is 5.64. The van der Waals surface area contributed by atoms with E-state index in [4.69, 9.17) is 4.74 Å². The molecule has 1 aromatic heterocycles. The summed E-state index contributed by atoms with van der Waals surface area (Å²) >= 11 is 0. The molecule has 0 saturated carbocycles. The van der Waals surface area contributed by atoms with E-state index in [0.717, 1.165) is 25.3 Å². The number of nitrogens with zero attached hydrogens (tertiary/aromatic N) is 2. The molecule has 3 heterocycles. The maximum absolute atomic E-state index is 11.4. The lowest BCUT2D eigenvalue weighted by Gasteiger charge is -2.27. The molecule has 2 saturated heterocycles. The van der Waals surface area contributed by atoms with Crippen LogP contribution in [0.15, 0.2) is 24.4 Å². The molecule has 1 aromatic rings. The van der Waals surface area contributed by atoms with Crippen molar-refractivity contribution in [2.24, 2.45) is 11.3 Å². The van der Waals surface area contributed by atoms with E-state index in [0.29, 0.717) is 25.7 Å². The number of pyridine rings is 1. The average Bonchev–Trinajstić information content (AvgIpc) is 2.94. The van der Waals surface area contributed by atoms with Crippen LogP contribution in [0.1, 0.15) is 5.69 Å². The van der Waals surface area contributed by atoms with Gasteiger partial charge in [0.05, 0.1) is 25.2 Å². The standard InChI is InChI=1S/C14H21N3O3S/c1-21(18,19)16-9-14-10-17(6-12(14)8-20-11-14)7-13-4-2-3-5-15-13/h2-5,12,16H,6-11H2,1H3/t12-,14+/m1/s1. The summed E-state index contributed by atoms with van der Waals surface area (Å²) in [7, 11) is -3.17. The first-order chi connectivity index (χ1) is 9.97. The molecule has 2 aliphatic heterocycles. The van der Waals surface area contributed by atoms with Crippen molar-refractivity contribution in [1.82, 2.24) is 14.6 Å². The number of hydrogen-bond acceptors (Lipinski definition) is 5. The van der Waals surface area contributed by atoms with Crippen molar-refractivity contribution in [1.29, 1.82) is 0 Å². The molecule has 0 unspecified atom stereocenters. The molecule has 7 heteroatoms. The van der Waals surface area contributed by atoms with Crippen LogP contribution in [-0.2, 0) is 21.3 Å². The van der Waals surface area contributed by atoms with E-state index in [2.05, 4.69) is 14.6 Å². The van der Waals surface area contributed by atoms with Crippen LogP contribution in [0.2, 0.25) is 0 Å². The number of nitrogens with one attached hydrogen (secondary N) is 1. The van der Waals surface area contributed by atoms with Crippen molar-refractivity contribution in [3.63, 3.8) is 0 Å². The molecular weight excluding hydrogens is 290 g/mol. The van der Waals surface area contributed by atoms with Crippen LogP contribution in [0.4, 0.5) is 0 Å². The largest absolute Gasteiger partial charge is 0.380 e. The fraction of sp³-hybridized carbons (Fsp3) is 0.643. The maximum atomic E-state index is 11.4. The van der Waals surface area contributed by atoms with E-state index in [-0.39, 0.29) is 5.41 Å². The van der Waals surface area contributed by atoms with Gasteiger partial charge in [-0.25, -0.2) is 13.1 Å². The molecular formula is C14H21N3O3S. The highest BCUT2D eigenvalue weighted by Crippen LogP contribution is 2.41. The zero-order valence-electron chi connectivity index (χ0n) is 12.2. The topological polar surface area (TPSA) is 71.5 Å². The highest BCUT2D eigenvalue weighted by Gasteiger charge is 2.50. The molecule has 0 spiro atoms. The van der Waals surface area contributed by atoms with E-state index in [1.807, 2.05) is 18.2 Å². The summed E-state index contributed by atoms with van der Waals surface area (Å²) in [5, 5.41) is 0. The molecule has 0 aliphatic carbocycles. The fourth-order valence-electron chi connectivity index (χ4n) is 3.31. The number of fused-ring (bicyclic) bond motifs is 1. The summed E-state index contributed by atoms with van der Waals surface area (Å²) in [4.78, 5) is 6.71. The Balaban J connectivity index is 1.67. The predicted octanol–water partition coefficient (Wildman–Crippen LogP) is 0.0792. The summed E-state index contributed by atoms with van der Waals surface area (Å²) in [6, 6.07) is 5.92. The van der Waals surface area contributed by atoms with Gasteiger partial charge in [0.2, 0.25) is 10.0 Å². The Kier molecular flexibility index (Phi) is 4.00. The van der Waals surface area contributed by atoms with Crippen molar-refractivity contribution in [3.8, 4) is 0 Å². The number of hydrogen-bond donors (Lipinski definition) is 1. The third-order valence-corrected chi connectivity index (χ3v) is 5.06. The first-order valence-corrected chi connectivity index (χ1v) is 9.01. The Bertz CT molecular complexity index is 593. The molecule has 1 N–H and O–H groups in total. The van der Waals surface area contributed by atoms with Gasteiger partial charge in [-0.15, -0.1) is 0 Å². The van der Waals surface area contributed by atoms with Gasteiger partial charge in [-0.2, -0.15) is 0 Å². The maximum Gasteiger partial charge on any atom is 0.208 e. The first kappa shape index (κ1) is 14.9. The van der Waals surface area contributed by atoms with Gasteiger partial charge < -0.3 is 4.74 Å². The van der Waals surface area contributed by atoms with Crippen LogP contribution in [0.3, 0.4) is 0 Å². The second-order valence-corrected chi connectivity index (χ2v) is 7.99. The van der Waals surface area contributed by atoms with Crippen LogP contribution in [0.25, 0.3) is 0 Å². The molecule has 0 aromatic carbocycles. The second-order valence-electron chi connectivity index (χ2n) is 6.16. The zero-order valence-corrected chi connectivity index (χ0v) is 13.0. The van der Waals surface area contributed by atoms with Gasteiger partial charge in [-0.1, -0.05) is 6.07 Å². The quantitative estimate of drug-likeness (QED) is 0.834. The van der Waals surface area contributed by atoms with Gasteiger partial charge in [0, 0.05) is 43.7 Å². The van der Waals surface area contributed by atoms with Gasteiger partial charge >= 0.3 is 0 Å². The van der Waals surface area contributed by atoms with Gasteiger partial charge in [-0.05, 0) is 12.1 Å². The van der Waals surface area contributed by atoms with Crippen LogP contribution >= 0.6 is 0 Å². The molecule has 2 fully saturated rings. The van der Waals surface area contributed by atoms with E-state index < -0.39 is 10.0 Å². The van der Waals surface area contributed by atoms with Crippen LogP contribution in [0.5, 0.6) is 0 Å². The van der Waals surface area contributed by atoms with Crippen molar-refractivity contribution in [3.05, 3.63) is 30.1 Å². The lowest BCUT2D eigenvalue weighted by atomic mass is 9.81. The SMILES string of the molecule is CS(=O)(=O)NC[C@]12COC[C@H]1CN(Cc1ccccn1)C2. The number of ether oxygens (including phenoxy) is 1. The van der Waals surface area contributed by atoms with Crippen molar-refractivity contribution < 1.29 is 13.2 Å². The molecule has 6 nitrogen and oxygen atoms in total. The number of aromatic nitrogens is 1. The molecule has 21 heavy (non-hydrogen) atoms. The molecule has 116 valence electrons. The third-order valence-electron chi connectivity index (χ3n) is 4.39. The highest BCUT2D eigenvalue weighted by atomic mass is 32.2. The van der Waals surface area contributed by atoms with Crippen LogP contribution in [-0.4, -0.2) is 57.4 Å². The Morgan fingerprint density at radius 2 is 2.38 bits per heavy atom. The first-order valence-electron chi connectivity index (χ1n) is 7.12. The molecule has 2 aliphatic rings. The summed E-state index contributed by atoms with van der Waals surface area (Å²) in [6.45, 7) is 4.37. The van der Waals surface area contributed by atoms with Gasteiger partial charge in [-0.3, -0.25) is 9.88 Å². The highest BCUT2D eigenvalue weighted by molar-refractivity contribution is 7.88. The number of rotatable bonds is 5. The smallest absolute Gasteiger partial charge is 0.208 e. The van der Waals surface area contributed by atoms with E-state index in [1.165, 1.54) is 6.26 Å². The molecule has 3 rings (SSSR count). The molecule has 0 amide bonds. The number of sulfonamides is 1. The Labute approximate surface area is 125 Å². The average molecular weight is 311 g/mol. The zero-order chi connectivity index (χ0) is 14.9. The van der Waals surface area contributed by atoms with E-state index in [9.17, 15) is 8.42 Å². The van der Waals surface area contributed by atoms with Crippen molar-refractivity contribution in [2.75, 3.05) is 39.1 Å². The van der Waals surface area contributed by atoms with Gasteiger partial charge in [0.1, 0.15) is 0 Å². The van der Waals surface area contributed by atoms with Gasteiger partial charge in [0.15, 0.2) is 0 Å². The van der Waals surface area contributed by atoms with E-state index in [1.54, 1.807) is 6.20 Å². The monoisotopic (exact) mass is 311 g/mol. The van der Waals surface area contributed by atoms with Crippen LogP contribution in [0, 0.1) is 11.3 Å². The Morgan fingerprint density at radius 3 is 3.10 bits per heavy atom. The molecule has 0 radical (unpaired) electrons. The summed E-state index contributed by atoms with van der Waals surface area (Å²) < 4.78 is 31.0. The molecule has 0 bridgehead atoms. The van der Waals surface area contributed by atoms with Crippen molar-refractivity contribution in [2.45, 2.75) is 6.54 Å². The van der Waals surface area contributed by atoms with E-state index >= 15 is 0 Å². The minimum absolute atomic E-state index is 0.0993. The number of likely N-dealkylation sites (tertiary alicyclic amines) is 1. The summed E-state index contributed by atoms with van der Waals surface area (Å²) in [5.41, 5.74) is 0.947. The third kappa shape index (κ3) is 3.42.